The number of nitrogen functional groups attached to an aromatic ring is 1. The number of nitrogens with zero attached hydrogens (tertiary/aromatic N) is 6. The number of unbranched alkanes of at least 4 members (excludes halogenated alkanes) is 3. The van der Waals surface area contributed by atoms with Crippen molar-refractivity contribution in [2.75, 3.05) is 32.0 Å². The van der Waals surface area contributed by atoms with E-state index >= 15 is 0 Å². The van der Waals surface area contributed by atoms with Gasteiger partial charge in [0.2, 0.25) is 5.82 Å². The van der Waals surface area contributed by atoms with Crippen LogP contribution in [-0.2, 0) is 4.74 Å². The van der Waals surface area contributed by atoms with Crippen molar-refractivity contribution >= 4 is 17.0 Å². The molecule has 0 aromatic carbocycles. The van der Waals surface area contributed by atoms with E-state index in [-0.39, 0.29) is 11.6 Å². The zero-order valence-corrected chi connectivity index (χ0v) is 20.1. The van der Waals surface area contributed by atoms with Crippen LogP contribution in [0.4, 0.5) is 5.82 Å². The fraction of sp³-hybridized carbons (Fsp3) is 0.652. The highest BCUT2D eigenvalue weighted by atomic mass is 16.6. The maximum absolute atomic E-state index is 10.2. The van der Waals surface area contributed by atoms with Gasteiger partial charge in [0.1, 0.15) is 23.8 Å². The third kappa shape index (κ3) is 6.86. The van der Waals surface area contributed by atoms with E-state index in [0.29, 0.717) is 24.0 Å². The Kier molecular flexibility index (Phi) is 11.1. The van der Waals surface area contributed by atoms with E-state index in [9.17, 15) is 15.3 Å². The minimum absolute atomic E-state index is 0.138. The lowest BCUT2D eigenvalue weighted by atomic mass is 10.1. The number of nitrogens with two attached hydrogens (primary N) is 1. The van der Waals surface area contributed by atoms with E-state index in [0.717, 1.165) is 12.8 Å². The van der Waals surface area contributed by atoms with Crippen molar-refractivity contribution in [3.8, 4) is 17.9 Å². The minimum Gasteiger partial charge on any atom is -0.394 e. The largest absolute Gasteiger partial charge is 0.394 e. The molecule has 2 unspecified atom stereocenters. The van der Waals surface area contributed by atoms with Crippen LogP contribution in [0.5, 0.6) is 0 Å². The van der Waals surface area contributed by atoms with Crippen molar-refractivity contribution in [3.63, 3.8) is 0 Å². The lowest BCUT2D eigenvalue weighted by Crippen LogP contribution is -2.33. The molecule has 3 rings (SSSR count). The Bertz CT molecular complexity index is 1000. The number of fused-ring (bicyclic) bond motifs is 1. The summed E-state index contributed by atoms with van der Waals surface area (Å²) in [4.78, 5) is 15.0. The monoisotopic (exact) mass is 473 g/mol. The Labute approximate surface area is 200 Å². The maximum Gasteiger partial charge on any atom is 0.208 e. The summed E-state index contributed by atoms with van der Waals surface area (Å²) in [5.74, 6) is 6.12. The highest BCUT2D eigenvalue weighted by Gasteiger charge is 2.44. The molecule has 0 amide bonds. The molecule has 0 spiro atoms. The molecule has 1 aliphatic heterocycles. The van der Waals surface area contributed by atoms with Gasteiger partial charge in [-0.3, -0.25) is 4.57 Å². The number of aliphatic hydroxyl groups excluding tert-OH is 3. The summed E-state index contributed by atoms with van der Waals surface area (Å²) in [6.07, 6.45) is -0.288. The molecule has 4 atom stereocenters. The number of aliphatic hydroxyl groups is 3. The molecule has 0 radical (unpaired) electrons. The number of rotatable bonds is 8. The van der Waals surface area contributed by atoms with Gasteiger partial charge in [-0.2, -0.15) is 5.26 Å². The highest BCUT2D eigenvalue weighted by Crippen LogP contribution is 2.31. The van der Waals surface area contributed by atoms with Crippen LogP contribution in [0.3, 0.4) is 0 Å². The molecule has 11 heteroatoms. The van der Waals surface area contributed by atoms with Gasteiger partial charge < -0.3 is 30.7 Å². The molecule has 186 valence electrons. The zero-order chi connectivity index (χ0) is 25.1. The Morgan fingerprint density at radius 2 is 1.79 bits per heavy atom. The summed E-state index contributed by atoms with van der Waals surface area (Å²) in [6.45, 7) is 9.70. The number of imidazole rings is 1. The molecular weight excluding hydrogens is 438 g/mol. The first-order valence-corrected chi connectivity index (χ1v) is 11.6. The van der Waals surface area contributed by atoms with Gasteiger partial charge in [0.05, 0.1) is 19.0 Å². The van der Waals surface area contributed by atoms with Crippen LogP contribution in [0.2, 0.25) is 0 Å². The molecule has 0 saturated carbocycles. The number of ether oxygens (including phenoxy) is 1. The lowest BCUT2D eigenvalue weighted by Gasteiger charge is -2.16. The fourth-order valence-electron chi connectivity index (χ4n) is 3.52. The van der Waals surface area contributed by atoms with Crippen molar-refractivity contribution in [2.24, 2.45) is 0 Å². The van der Waals surface area contributed by atoms with Crippen molar-refractivity contribution in [2.45, 2.75) is 71.0 Å². The smallest absolute Gasteiger partial charge is 0.208 e. The summed E-state index contributed by atoms with van der Waals surface area (Å²) in [5, 5.41) is 37.9. The number of hydrogen-bond acceptors (Lipinski definition) is 10. The summed E-state index contributed by atoms with van der Waals surface area (Å²) < 4.78 is 6.95. The van der Waals surface area contributed by atoms with E-state index in [1.807, 2.05) is 0 Å². The summed E-state index contributed by atoms with van der Waals surface area (Å²) in [7, 11) is 0. The topological polar surface area (TPSA) is 167 Å². The van der Waals surface area contributed by atoms with Crippen molar-refractivity contribution < 1.29 is 20.1 Å². The number of hydrogen-bond donors (Lipinski definition) is 4. The SMILES string of the molecule is CCN(CC)CC.N#CCCCCC#Cc1nc(N)c2ncn([C@@H]3O[C@H](CO)C(O)C3O)c2n1. The van der Waals surface area contributed by atoms with E-state index < -0.39 is 31.1 Å². The predicted octanol–water partition coefficient (Wildman–Crippen LogP) is 0.804. The molecule has 1 fully saturated rings. The molecule has 1 saturated heterocycles. The minimum atomic E-state index is -1.26. The molecule has 5 N–H and O–H groups in total. The summed E-state index contributed by atoms with van der Waals surface area (Å²) in [6, 6.07) is 2.08. The van der Waals surface area contributed by atoms with Gasteiger partial charge in [-0.15, -0.1) is 0 Å². The molecule has 2 aromatic heterocycles. The zero-order valence-electron chi connectivity index (χ0n) is 20.1. The van der Waals surface area contributed by atoms with E-state index in [1.54, 1.807) is 0 Å². The van der Waals surface area contributed by atoms with Crippen LogP contribution >= 0.6 is 0 Å². The second kappa shape index (κ2) is 13.8. The van der Waals surface area contributed by atoms with Crippen LogP contribution in [0, 0.1) is 23.2 Å². The number of aromatic nitrogens is 4. The lowest BCUT2D eigenvalue weighted by molar-refractivity contribution is -0.0511. The standard InChI is InChI=1S/C17H20N6O4.C6H15N/c18-7-5-3-1-2-4-6-11-21-15(19)12-16(22-11)23(9-20-12)17-14(26)13(25)10(8-24)27-17;1-4-7(5-2)6-3/h9-10,13-14,17,24-26H,1-3,5,8H2,(H2,19,21,22);4-6H2,1-3H3/t10-,13?,14?,17-;/m1./s1. The molecule has 34 heavy (non-hydrogen) atoms. The molecule has 2 aromatic rings. The van der Waals surface area contributed by atoms with E-state index in [2.05, 4.69) is 58.5 Å². The Balaban J connectivity index is 0.000000509. The number of nitriles is 1. The van der Waals surface area contributed by atoms with Crippen LogP contribution in [0.15, 0.2) is 6.33 Å². The summed E-state index contributed by atoms with van der Waals surface area (Å²) in [5.41, 5.74) is 6.57. The van der Waals surface area contributed by atoms with Gasteiger partial charge in [0.25, 0.3) is 0 Å². The molecule has 1 aliphatic rings. The van der Waals surface area contributed by atoms with Gasteiger partial charge in [-0.25, -0.2) is 15.0 Å². The second-order valence-corrected chi connectivity index (χ2v) is 7.77. The van der Waals surface area contributed by atoms with E-state index in [4.69, 9.17) is 15.7 Å². The first-order chi connectivity index (χ1) is 16.4. The molecular formula is C23H35N7O4. The molecule has 11 nitrogen and oxygen atoms in total. The van der Waals surface area contributed by atoms with Crippen LogP contribution in [0.25, 0.3) is 11.2 Å². The average Bonchev–Trinajstić information content (AvgIpc) is 3.39. The van der Waals surface area contributed by atoms with Gasteiger partial charge >= 0.3 is 0 Å². The van der Waals surface area contributed by atoms with Crippen LogP contribution < -0.4 is 5.73 Å². The van der Waals surface area contributed by atoms with Crippen molar-refractivity contribution in [3.05, 3.63) is 12.2 Å². The second-order valence-electron chi connectivity index (χ2n) is 7.77. The van der Waals surface area contributed by atoms with Crippen molar-refractivity contribution in [1.82, 2.24) is 24.4 Å². The van der Waals surface area contributed by atoms with Gasteiger partial charge in [0.15, 0.2) is 17.7 Å². The van der Waals surface area contributed by atoms with E-state index in [1.165, 1.54) is 30.5 Å². The first-order valence-electron chi connectivity index (χ1n) is 11.6. The van der Waals surface area contributed by atoms with Gasteiger partial charge in [-0.05, 0) is 38.4 Å². The predicted molar refractivity (Wildman–Crippen MR) is 127 cm³/mol. The highest BCUT2D eigenvalue weighted by molar-refractivity contribution is 5.82. The Morgan fingerprint density at radius 1 is 1.12 bits per heavy atom. The maximum atomic E-state index is 10.2. The number of anilines is 1. The average molecular weight is 474 g/mol. The quantitative estimate of drug-likeness (QED) is 0.318. The van der Waals surface area contributed by atoms with Crippen LogP contribution in [0.1, 0.15) is 58.5 Å². The summed E-state index contributed by atoms with van der Waals surface area (Å²) >= 11 is 0. The third-order valence-electron chi connectivity index (χ3n) is 5.62. The fourth-order valence-corrected chi connectivity index (χ4v) is 3.52. The molecule has 3 heterocycles. The molecule has 0 bridgehead atoms. The van der Waals surface area contributed by atoms with Gasteiger partial charge in [-0.1, -0.05) is 26.7 Å². The van der Waals surface area contributed by atoms with Gasteiger partial charge in [0, 0.05) is 12.8 Å². The molecule has 0 aliphatic carbocycles. The Morgan fingerprint density at radius 3 is 2.35 bits per heavy atom. The van der Waals surface area contributed by atoms with Crippen LogP contribution in [-0.4, -0.2) is 84.3 Å². The first kappa shape index (κ1) is 27.4. The normalized spacial score (nSPS) is 21.6. The van der Waals surface area contributed by atoms with Crippen molar-refractivity contribution in [1.29, 1.82) is 5.26 Å². The Hall–Kier alpha value is -2.80. The third-order valence-corrected chi connectivity index (χ3v) is 5.62.